The minimum Gasteiger partial charge on any atom is -0.349 e. The van der Waals surface area contributed by atoms with Gasteiger partial charge in [0.15, 0.2) is 0 Å². The van der Waals surface area contributed by atoms with Crippen LogP contribution in [-0.4, -0.2) is 36.0 Å². The molecule has 0 aliphatic heterocycles. The largest absolute Gasteiger partial charge is 0.349 e. The number of fused-ring (bicyclic) bond motifs is 1. The van der Waals surface area contributed by atoms with Crippen LogP contribution in [0, 0.1) is 0 Å². The van der Waals surface area contributed by atoms with E-state index in [1.807, 2.05) is 0 Å². The summed E-state index contributed by atoms with van der Waals surface area (Å²) in [5.41, 5.74) is 2.58. The van der Waals surface area contributed by atoms with Gasteiger partial charge in [-0.15, -0.1) is 0 Å². The molecule has 2 aromatic rings. The number of hydrogen-bond acceptors (Lipinski definition) is 2. The van der Waals surface area contributed by atoms with Crippen LogP contribution in [0.5, 0.6) is 0 Å². The third kappa shape index (κ3) is 3.85. The number of hydrogen-bond donors (Lipinski definition) is 1. The van der Waals surface area contributed by atoms with E-state index in [0.29, 0.717) is 6.42 Å². The van der Waals surface area contributed by atoms with Gasteiger partial charge in [-0.3, -0.25) is 4.79 Å². The molecule has 1 amide bonds. The highest BCUT2D eigenvalue weighted by Gasteiger charge is 2.07. The van der Waals surface area contributed by atoms with Crippen molar-refractivity contribution in [1.82, 2.24) is 14.8 Å². The Balaban J connectivity index is 2.06. The van der Waals surface area contributed by atoms with Crippen molar-refractivity contribution in [3.8, 4) is 0 Å². The number of nitrogens with one attached hydrogen (secondary N) is 1. The van der Waals surface area contributed by atoms with E-state index in [0.717, 1.165) is 26.1 Å². The van der Waals surface area contributed by atoms with Crippen molar-refractivity contribution in [3.63, 3.8) is 0 Å². The van der Waals surface area contributed by atoms with E-state index in [2.05, 4.69) is 47.3 Å². The van der Waals surface area contributed by atoms with E-state index in [1.54, 1.807) is 19.0 Å². The smallest absolute Gasteiger partial charge is 0.222 e. The third-order valence-electron chi connectivity index (χ3n) is 3.76. The molecule has 0 saturated heterocycles. The van der Waals surface area contributed by atoms with Gasteiger partial charge in [-0.25, -0.2) is 0 Å². The number of carbonyl (C=O) groups excluding carboxylic acids is 1. The summed E-state index contributed by atoms with van der Waals surface area (Å²) in [4.78, 5) is 13.3. The van der Waals surface area contributed by atoms with Gasteiger partial charge in [0.05, 0.1) is 0 Å². The molecule has 0 spiro atoms. The zero-order valence-electron chi connectivity index (χ0n) is 13.2. The molecule has 4 nitrogen and oxygen atoms in total. The Morgan fingerprint density at radius 2 is 2.10 bits per heavy atom. The highest BCUT2D eigenvalue weighted by atomic mass is 16.2. The summed E-state index contributed by atoms with van der Waals surface area (Å²) in [6.07, 6.45) is 3.60. The summed E-state index contributed by atoms with van der Waals surface area (Å²) in [6.45, 7) is 4.88. The molecular formula is C17H25N3O. The van der Waals surface area contributed by atoms with Crippen molar-refractivity contribution < 1.29 is 4.79 Å². The highest BCUT2D eigenvalue weighted by Crippen LogP contribution is 2.21. The van der Waals surface area contributed by atoms with Crippen LogP contribution in [0.2, 0.25) is 0 Å². The molecule has 2 rings (SSSR count). The number of benzene rings is 1. The van der Waals surface area contributed by atoms with Crippen LogP contribution in [0.15, 0.2) is 30.5 Å². The normalized spacial score (nSPS) is 11.0. The van der Waals surface area contributed by atoms with Gasteiger partial charge in [0.2, 0.25) is 5.91 Å². The van der Waals surface area contributed by atoms with E-state index in [9.17, 15) is 4.79 Å². The molecule has 0 unspecified atom stereocenters. The number of aryl methyl sites for hydroxylation is 1. The number of aromatic nitrogens is 1. The number of rotatable bonds is 7. The van der Waals surface area contributed by atoms with Crippen molar-refractivity contribution in [2.75, 3.05) is 20.6 Å². The van der Waals surface area contributed by atoms with Crippen molar-refractivity contribution >= 4 is 16.8 Å². The van der Waals surface area contributed by atoms with Gasteiger partial charge in [-0.2, -0.15) is 0 Å². The summed E-state index contributed by atoms with van der Waals surface area (Å²) in [6, 6.07) is 8.61. The Hall–Kier alpha value is -1.81. The Bertz CT molecular complexity index is 601. The summed E-state index contributed by atoms with van der Waals surface area (Å²) < 4.78 is 2.24. The molecule has 21 heavy (non-hydrogen) atoms. The first-order valence-corrected chi connectivity index (χ1v) is 7.61. The van der Waals surface area contributed by atoms with Crippen LogP contribution in [-0.2, 0) is 17.9 Å². The molecule has 0 atom stereocenters. The maximum absolute atomic E-state index is 11.6. The average molecular weight is 287 g/mol. The minimum atomic E-state index is 0.194. The SMILES string of the molecule is CCNCc1cccc2c1ccn2CCCC(=O)N(C)C. The lowest BCUT2D eigenvalue weighted by Gasteiger charge is -2.11. The fraction of sp³-hybridized carbons (Fsp3) is 0.471. The van der Waals surface area contributed by atoms with Crippen LogP contribution < -0.4 is 5.32 Å². The van der Waals surface area contributed by atoms with Gasteiger partial charge >= 0.3 is 0 Å². The molecule has 0 fully saturated rings. The van der Waals surface area contributed by atoms with E-state index in [4.69, 9.17) is 0 Å². The Kier molecular flexibility index (Phi) is 5.39. The quantitative estimate of drug-likeness (QED) is 0.850. The second kappa shape index (κ2) is 7.27. The van der Waals surface area contributed by atoms with Gasteiger partial charge < -0.3 is 14.8 Å². The molecule has 0 bridgehead atoms. The molecule has 0 aliphatic rings. The molecule has 1 N–H and O–H groups in total. The summed E-state index contributed by atoms with van der Waals surface area (Å²) in [5, 5.41) is 4.68. The van der Waals surface area contributed by atoms with E-state index in [1.165, 1.54) is 16.5 Å². The van der Waals surface area contributed by atoms with Crippen LogP contribution >= 0.6 is 0 Å². The monoisotopic (exact) mass is 287 g/mol. The van der Waals surface area contributed by atoms with Crippen LogP contribution in [0.25, 0.3) is 10.9 Å². The fourth-order valence-electron chi connectivity index (χ4n) is 2.52. The molecule has 4 heteroatoms. The second-order valence-corrected chi connectivity index (χ2v) is 5.53. The standard InChI is InChI=1S/C17H25N3O/c1-4-18-13-14-7-5-8-16-15(14)10-12-20(16)11-6-9-17(21)19(2)3/h5,7-8,10,12,18H,4,6,9,11,13H2,1-3H3. The predicted molar refractivity (Wildman–Crippen MR) is 87.2 cm³/mol. The molecule has 1 aromatic carbocycles. The first-order chi connectivity index (χ1) is 10.1. The fourth-order valence-corrected chi connectivity index (χ4v) is 2.52. The van der Waals surface area contributed by atoms with E-state index in [-0.39, 0.29) is 5.91 Å². The second-order valence-electron chi connectivity index (χ2n) is 5.53. The van der Waals surface area contributed by atoms with E-state index < -0.39 is 0 Å². The Morgan fingerprint density at radius 1 is 1.29 bits per heavy atom. The third-order valence-corrected chi connectivity index (χ3v) is 3.76. The van der Waals surface area contributed by atoms with Gasteiger partial charge in [0, 0.05) is 50.7 Å². The first kappa shape index (κ1) is 15.6. The van der Waals surface area contributed by atoms with Gasteiger partial charge in [-0.05, 0) is 30.7 Å². The topological polar surface area (TPSA) is 37.3 Å². The van der Waals surface area contributed by atoms with Gasteiger partial charge in [-0.1, -0.05) is 19.1 Å². The molecule has 0 saturated carbocycles. The van der Waals surface area contributed by atoms with Gasteiger partial charge in [0.25, 0.3) is 0 Å². The maximum atomic E-state index is 11.6. The lowest BCUT2D eigenvalue weighted by Crippen LogP contribution is -2.21. The summed E-state index contributed by atoms with van der Waals surface area (Å²) >= 11 is 0. The summed E-state index contributed by atoms with van der Waals surface area (Å²) in [5.74, 6) is 0.194. The number of amides is 1. The zero-order chi connectivity index (χ0) is 15.2. The molecule has 1 heterocycles. The predicted octanol–water partition coefficient (Wildman–Crippen LogP) is 2.62. The number of carbonyl (C=O) groups is 1. The lowest BCUT2D eigenvalue weighted by molar-refractivity contribution is -0.128. The first-order valence-electron chi connectivity index (χ1n) is 7.61. The lowest BCUT2D eigenvalue weighted by atomic mass is 10.1. The van der Waals surface area contributed by atoms with Crippen LogP contribution in [0.3, 0.4) is 0 Å². The molecular weight excluding hydrogens is 262 g/mol. The Morgan fingerprint density at radius 3 is 2.81 bits per heavy atom. The Labute approximate surface area is 126 Å². The van der Waals surface area contributed by atoms with Crippen molar-refractivity contribution in [2.24, 2.45) is 0 Å². The van der Waals surface area contributed by atoms with E-state index >= 15 is 0 Å². The minimum absolute atomic E-state index is 0.194. The van der Waals surface area contributed by atoms with Gasteiger partial charge in [0.1, 0.15) is 0 Å². The highest BCUT2D eigenvalue weighted by molar-refractivity contribution is 5.83. The summed E-state index contributed by atoms with van der Waals surface area (Å²) in [7, 11) is 3.61. The average Bonchev–Trinajstić information content (AvgIpc) is 2.88. The van der Waals surface area contributed by atoms with Crippen molar-refractivity contribution in [2.45, 2.75) is 32.9 Å². The molecule has 1 aromatic heterocycles. The van der Waals surface area contributed by atoms with Crippen molar-refractivity contribution in [1.29, 1.82) is 0 Å². The maximum Gasteiger partial charge on any atom is 0.222 e. The molecule has 0 radical (unpaired) electrons. The molecule has 0 aliphatic carbocycles. The number of nitrogens with zero attached hydrogens (tertiary/aromatic N) is 2. The zero-order valence-corrected chi connectivity index (χ0v) is 13.2. The van der Waals surface area contributed by atoms with Crippen LogP contribution in [0.1, 0.15) is 25.3 Å². The molecule has 114 valence electrons. The van der Waals surface area contributed by atoms with Crippen LogP contribution in [0.4, 0.5) is 0 Å². The van der Waals surface area contributed by atoms with Crippen molar-refractivity contribution in [3.05, 3.63) is 36.0 Å².